The summed E-state index contributed by atoms with van der Waals surface area (Å²) in [7, 11) is 0. The van der Waals surface area contributed by atoms with Crippen LogP contribution in [0.15, 0.2) is 54.6 Å². The van der Waals surface area contributed by atoms with E-state index >= 15 is 0 Å². The van der Waals surface area contributed by atoms with Crippen LogP contribution < -0.4 is 10.1 Å². The third-order valence-corrected chi connectivity index (χ3v) is 3.07. The SMILES string of the molecule is CCC(C)Oc1ccccc1C(=O)Nc1ccccc1. The van der Waals surface area contributed by atoms with Crippen LogP contribution in [0.4, 0.5) is 5.69 Å². The topological polar surface area (TPSA) is 38.3 Å². The quantitative estimate of drug-likeness (QED) is 0.886. The molecular weight excluding hydrogens is 250 g/mol. The molecule has 2 aromatic rings. The van der Waals surface area contributed by atoms with Gasteiger partial charge in [-0.15, -0.1) is 0 Å². The van der Waals surface area contributed by atoms with Crippen molar-refractivity contribution in [2.45, 2.75) is 26.4 Å². The fraction of sp³-hybridized carbons (Fsp3) is 0.235. The third kappa shape index (κ3) is 3.60. The van der Waals surface area contributed by atoms with Crippen LogP contribution in [0, 0.1) is 0 Å². The zero-order valence-electron chi connectivity index (χ0n) is 11.8. The number of ether oxygens (including phenoxy) is 1. The number of para-hydroxylation sites is 2. The molecule has 3 nitrogen and oxygen atoms in total. The first-order valence-corrected chi connectivity index (χ1v) is 6.82. The molecule has 1 amide bonds. The van der Waals surface area contributed by atoms with E-state index in [0.29, 0.717) is 11.3 Å². The number of benzene rings is 2. The molecular formula is C17H19NO2. The molecule has 0 saturated carbocycles. The van der Waals surface area contributed by atoms with Crippen molar-refractivity contribution in [3.8, 4) is 5.75 Å². The number of amides is 1. The van der Waals surface area contributed by atoms with Gasteiger partial charge in [-0.25, -0.2) is 0 Å². The number of hydrogen-bond donors (Lipinski definition) is 1. The van der Waals surface area contributed by atoms with Crippen molar-refractivity contribution in [2.24, 2.45) is 0 Å². The van der Waals surface area contributed by atoms with Gasteiger partial charge in [-0.3, -0.25) is 4.79 Å². The number of carbonyl (C=O) groups is 1. The second kappa shape index (κ2) is 6.75. The molecule has 0 radical (unpaired) electrons. The van der Waals surface area contributed by atoms with E-state index in [1.807, 2.05) is 55.5 Å². The van der Waals surface area contributed by atoms with E-state index in [4.69, 9.17) is 4.74 Å². The summed E-state index contributed by atoms with van der Waals surface area (Å²) in [6, 6.07) is 16.7. The molecule has 0 aliphatic heterocycles. The summed E-state index contributed by atoms with van der Waals surface area (Å²) in [4.78, 5) is 12.3. The zero-order chi connectivity index (χ0) is 14.4. The Kier molecular flexibility index (Phi) is 4.77. The lowest BCUT2D eigenvalue weighted by Gasteiger charge is -2.15. The second-order valence-electron chi connectivity index (χ2n) is 4.65. The van der Waals surface area contributed by atoms with E-state index in [1.165, 1.54) is 0 Å². The average molecular weight is 269 g/mol. The maximum Gasteiger partial charge on any atom is 0.259 e. The van der Waals surface area contributed by atoms with Gasteiger partial charge in [-0.2, -0.15) is 0 Å². The summed E-state index contributed by atoms with van der Waals surface area (Å²) in [6.07, 6.45) is 0.981. The Morgan fingerprint density at radius 1 is 1.10 bits per heavy atom. The monoisotopic (exact) mass is 269 g/mol. The summed E-state index contributed by atoms with van der Waals surface area (Å²) < 4.78 is 5.79. The summed E-state index contributed by atoms with van der Waals surface area (Å²) in [5.41, 5.74) is 1.33. The lowest BCUT2D eigenvalue weighted by atomic mass is 10.1. The fourth-order valence-electron chi connectivity index (χ4n) is 1.78. The molecule has 20 heavy (non-hydrogen) atoms. The molecule has 0 aliphatic carbocycles. The van der Waals surface area contributed by atoms with E-state index in [1.54, 1.807) is 6.07 Å². The minimum absolute atomic E-state index is 0.0840. The van der Waals surface area contributed by atoms with E-state index < -0.39 is 0 Å². The van der Waals surface area contributed by atoms with Crippen molar-refractivity contribution in [1.29, 1.82) is 0 Å². The van der Waals surface area contributed by atoms with Gasteiger partial charge in [0.15, 0.2) is 0 Å². The Morgan fingerprint density at radius 3 is 2.45 bits per heavy atom. The van der Waals surface area contributed by atoms with Gasteiger partial charge in [0.05, 0.1) is 11.7 Å². The van der Waals surface area contributed by atoms with E-state index in [9.17, 15) is 4.79 Å². The van der Waals surface area contributed by atoms with Crippen LogP contribution in [0.25, 0.3) is 0 Å². The molecule has 2 aromatic carbocycles. The smallest absolute Gasteiger partial charge is 0.259 e. The fourth-order valence-corrected chi connectivity index (χ4v) is 1.78. The van der Waals surface area contributed by atoms with Crippen molar-refractivity contribution < 1.29 is 9.53 Å². The van der Waals surface area contributed by atoms with Gasteiger partial charge in [0.1, 0.15) is 5.75 Å². The van der Waals surface area contributed by atoms with Crippen molar-refractivity contribution in [1.82, 2.24) is 0 Å². The predicted octanol–water partition coefficient (Wildman–Crippen LogP) is 4.12. The van der Waals surface area contributed by atoms with Crippen molar-refractivity contribution >= 4 is 11.6 Å². The second-order valence-corrected chi connectivity index (χ2v) is 4.65. The maximum atomic E-state index is 12.3. The predicted molar refractivity (Wildman–Crippen MR) is 81.2 cm³/mol. The van der Waals surface area contributed by atoms with Crippen LogP contribution in [0.1, 0.15) is 30.6 Å². The average Bonchev–Trinajstić information content (AvgIpc) is 2.48. The molecule has 0 bridgehead atoms. The molecule has 1 unspecified atom stereocenters. The molecule has 3 heteroatoms. The molecule has 0 heterocycles. The largest absolute Gasteiger partial charge is 0.490 e. The van der Waals surface area contributed by atoms with Gasteiger partial charge < -0.3 is 10.1 Å². The van der Waals surface area contributed by atoms with Crippen LogP contribution in [0.5, 0.6) is 5.75 Å². The van der Waals surface area contributed by atoms with Gasteiger partial charge in [0.25, 0.3) is 5.91 Å². The highest BCUT2D eigenvalue weighted by Crippen LogP contribution is 2.21. The Labute approximate surface area is 119 Å². The molecule has 0 aromatic heterocycles. The van der Waals surface area contributed by atoms with Gasteiger partial charge in [0.2, 0.25) is 0 Å². The Bertz CT molecular complexity index is 566. The Hall–Kier alpha value is -2.29. The number of anilines is 1. The molecule has 1 atom stereocenters. The minimum Gasteiger partial charge on any atom is -0.490 e. The van der Waals surface area contributed by atoms with Gasteiger partial charge in [-0.05, 0) is 37.6 Å². The van der Waals surface area contributed by atoms with Crippen LogP contribution in [0.2, 0.25) is 0 Å². The maximum absolute atomic E-state index is 12.3. The van der Waals surface area contributed by atoms with Gasteiger partial charge in [-0.1, -0.05) is 37.3 Å². The first-order chi connectivity index (χ1) is 9.70. The summed E-state index contributed by atoms with van der Waals surface area (Å²) in [6.45, 7) is 4.04. The zero-order valence-corrected chi connectivity index (χ0v) is 11.8. The number of hydrogen-bond acceptors (Lipinski definition) is 2. The van der Waals surface area contributed by atoms with E-state index in [2.05, 4.69) is 12.2 Å². The summed E-state index contributed by atoms with van der Waals surface area (Å²) in [5, 5.41) is 2.87. The standard InChI is InChI=1S/C17H19NO2/c1-3-13(2)20-16-12-8-7-11-15(16)17(19)18-14-9-5-4-6-10-14/h4-13H,3H2,1-2H3,(H,18,19). The van der Waals surface area contributed by atoms with Crippen molar-refractivity contribution in [3.05, 3.63) is 60.2 Å². The first kappa shape index (κ1) is 14.1. The molecule has 0 aliphatic rings. The molecule has 1 N–H and O–H groups in total. The summed E-state index contributed by atoms with van der Waals surface area (Å²) >= 11 is 0. The number of carbonyl (C=O) groups excluding carboxylic acids is 1. The highest BCUT2D eigenvalue weighted by Gasteiger charge is 2.13. The first-order valence-electron chi connectivity index (χ1n) is 6.82. The molecule has 0 saturated heterocycles. The molecule has 0 fully saturated rings. The van der Waals surface area contributed by atoms with Crippen LogP contribution in [0.3, 0.4) is 0 Å². The van der Waals surface area contributed by atoms with Crippen LogP contribution >= 0.6 is 0 Å². The number of rotatable bonds is 5. The molecule has 2 rings (SSSR count). The van der Waals surface area contributed by atoms with E-state index in [0.717, 1.165) is 12.1 Å². The Balaban J connectivity index is 2.17. The van der Waals surface area contributed by atoms with E-state index in [-0.39, 0.29) is 12.0 Å². The van der Waals surface area contributed by atoms with Gasteiger partial charge >= 0.3 is 0 Å². The third-order valence-electron chi connectivity index (χ3n) is 3.07. The normalized spacial score (nSPS) is 11.7. The van der Waals surface area contributed by atoms with Crippen molar-refractivity contribution in [3.63, 3.8) is 0 Å². The highest BCUT2D eigenvalue weighted by atomic mass is 16.5. The molecule has 104 valence electrons. The van der Waals surface area contributed by atoms with Crippen LogP contribution in [-0.4, -0.2) is 12.0 Å². The highest BCUT2D eigenvalue weighted by molar-refractivity contribution is 6.06. The lowest BCUT2D eigenvalue weighted by Crippen LogP contribution is -2.16. The number of nitrogens with one attached hydrogen (secondary N) is 1. The Morgan fingerprint density at radius 2 is 1.75 bits per heavy atom. The van der Waals surface area contributed by atoms with Crippen molar-refractivity contribution in [2.75, 3.05) is 5.32 Å². The summed E-state index contributed by atoms with van der Waals surface area (Å²) in [5.74, 6) is 0.463. The van der Waals surface area contributed by atoms with Crippen LogP contribution in [-0.2, 0) is 0 Å². The van der Waals surface area contributed by atoms with Gasteiger partial charge in [0, 0.05) is 5.69 Å². The lowest BCUT2D eigenvalue weighted by molar-refractivity contribution is 0.102. The molecule has 0 spiro atoms. The minimum atomic E-state index is -0.157.